The molecule has 4 rings (SSSR count). The van der Waals surface area contributed by atoms with Crippen LogP contribution in [0, 0.1) is 5.41 Å². The van der Waals surface area contributed by atoms with E-state index >= 15 is 0 Å². The van der Waals surface area contributed by atoms with Gasteiger partial charge in [0.1, 0.15) is 5.83 Å². The number of halogens is 1. The molecule has 2 amide bonds. The predicted octanol–water partition coefficient (Wildman–Crippen LogP) is 2.49. The maximum atomic E-state index is 13.9. The molecule has 0 N–H and O–H groups in total. The van der Waals surface area contributed by atoms with Crippen LogP contribution in [0.2, 0.25) is 0 Å². The largest absolute Gasteiger partial charge is 0.345 e. The number of hydrogen-bond donors (Lipinski definition) is 0. The van der Waals surface area contributed by atoms with Gasteiger partial charge in [0.05, 0.1) is 11.5 Å². The maximum Gasteiger partial charge on any atom is 0.233 e. The zero-order chi connectivity index (χ0) is 19.2. The van der Waals surface area contributed by atoms with Gasteiger partial charge in [0.25, 0.3) is 0 Å². The van der Waals surface area contributed by atoms with Crippen molar-refractivity contribution < 1.29 is 14.0 Å². The number of carbonyl (C=O) groups excluding carboxylic acids is 2. The molecule has 3 aliphatic heterocycles. The van der Waals surface area contributed by atoms with Gasteiger partial charge in [-0.2, -0.15) is 0 Å². The standard InChI is InChI=1S/C21H30FN3O2/c1-21(2)18-4-3-15(22)13-19(18)25(20(21)27)17-7-11-24(12-8-17)16-5-9-23(14-26)10-6-16/h3-4,14,16-17,19H,5-13H2,1-2H3. The van der Waals surface area contributed by atoms with Gasteiger partial charge in [0, 0.05) is 44.7 Å². The SMILES string of the molecule is CC1(C)C(=O)N(C2CCN(C3CCN(C=O)CC3)CC2)C2CC(F)=CC=C21. The number of likely N-dealkylation sites (tertiary alicyclic amines) is 3. The summed E-state index contributed by atoms with van der Waals surface area (Å²) >= 11 is 0. The van der Waals surface area contributed by atoms with Crippen molar-refractivity contribution in [3.8, 4) is 0 Å². The first-order chi connectivity index (χ1) is 12.9. The lowest BCUT2D eigenvalue weighted by molar-refractivity contribution is -0.138. The normalized spacial score (nSPS) is 30.2. The average molecular weight is 375 g/mol. The van der Waals surface area contributed by atoms with E-state index in [0.717, 1.165) is 63.8 Å². The van der Waals surface area contributed by atoms with Crippen LogP contribution in [0.15, 0.2) is 23.6 Å². The number of hydrogen-bond acceptors (Lipinski definition) is 3. The van der Waals surface area contributed by atoms with E-state index in [2.05, 4.69) is 4.90 Å². The van der Waals surface area contributed by atoms with Crippen LogP contribution in [-0.4, -0.2) is 71.3 Å². The number of nitrogens with zero attached hydrogens (tertiary/aromatic N) is 3. The van der Waals surface area contributed by atoms with E-state index in [4.69, 9.17) is 0 Å². The molecule has 0 aromatic carbocycles. The van der Waals surface area contributed by atoms with Crippen LogP contribution in [0.3, 0.4) is 0 Å². The maximum absolute atomic E-state index is 13.9. The van der Waals surface area contributed by atoms with Crippen molar-refractivity contribution in [2.24, 2.45) is 5.41 Å². The van der Waals surface area contributed by atoms with Crippen molar-refractivity contribution in [1.29, 1.82) is 0 Å². The zero-order valence-electron chi connectivity index (χ0n) is 16.4. The molecule has 3 heterocycles. The summed E-state index contributed by atoms with van der Waals surface area (Å²) in [7, 11) is 0. The van der Waals surface area contributed by atoms with Gasteiger partial charge in [-0.25, -0.2) is 4.39 Å². The molecule has 0 aromatic rings. The fraction of sp³-hybridized carbons (Fsp3) is 0.714. The molecule has 0 radical (unpaired) electrons. The van der Waals surface area contributed by atoms with Crippen LogP contribution < -0.4 is 0 Å². The Morgan fingerprint density at radius 1 is 1.04 bits per heavy atom. The van der Waals surface area contributed by atoms with Crippen LogP contribution >= 0.6 is 0 Å². The third-order valence-electron chi connectivity index (χ3n) is 7.07. The van der Waals surface area contributed by atoms with Gasteiger partial charge in [-0.1, -0.05) is 6.08 Å². The molecular weight excluding hydrogens is 345 g/mol. The molecule has 1 unspecified atom stereocenters. The molecule has 0 aromatic heterocycles. The summed E-state index contributed by atoms with van der Waals surface area (Å²) in [4.78, 5) is 30.4. The molecule has 1 atom stereocenters. The highest BCUT2D eigenvalue weighted by molar-refractivity contribution is 5.90. The summed E-state index contributed by atoms with van der Waals surface area (Å²) < 4.78 is 13.9. The van der Waals surface area contributed by atoms with Gasteiger partial charge in [-0.15, -0.1) is 0 Å². The first-order valence-corrected chi connectivity index (χ1v) is 10.2. The highest BCUT2D eigenvalue weighted by Gasteiger charge is 2.52. The van der Waals surface area contributed by atoms with Crippen molar-refractivity contribution in [3.05, 3.63) is 23.6 Å². The summed E-state index contributed by atoms with van der Waals surface area (Å²) in [5.41, 5.74) is 0.540. The molecule has 0 spiro atoms. The van der Waals surface area contributed by atoms with Gasteiger partial charge in [-0.3, -0.25) is 9.59 Å². The molecule has 27 heavy (non-hydrogen) atoms. The second kappa shape index (κ2) is 7.04. The zero-order valence-corrected chi connectivity index (χ0v) is 16.4. The Kier molecular flexibility index (Phi) is 4.87. The summed E-state index contributed by atoms with van der Waals surface area (Å²) in [5.74, 6) is 0.0261. The summed E-state index contributed by atoms with van der Waals surface area (Å²) in [6.45, 7) is 7.58. The summed E-state index contributed by atoms with van der Waals surface area (Å²) in [6, 6.07) is 0.633. The number of carbonyl (C=O) groups is 2. The Hall–Kier alpha value is -1.69. The molecular formula is C21H30FN3O2. The summed E-state index contributed by atoms with van der Waals surface area (Å²) in [5, 5.41) is 0. The minimum absolute atomic E-state index is 0.107. The molecule has 6 heteroatoms. The Labute approximate surface area is 160 Å². The van der Waals surface area contributed by atoms with Gasteiger partial charge < -0.3 is 14.7 Å². The first kappa shape index (κ1) is 18.7. The number of rotatable bonds is 3. The molecule has 0 saturated carbocycles. The molecule has 0 bridgehead atoms. The van der Waals surface area contributed by atoms with Gasteiger partial charge in [0.15, 0.2) is 0 Å². The average Bonchev–Trinajstić information content (AvgIpc) is 2.87. The quantitative estimate of drug-likeness (QED) is 0.712. The van der Waals surface area contributed by atoms with E-state index in [1.807, 2.05) is 29.7 Å². The predicted molar refractivity (Wildman–Crippen MR) is 102 cm³/mol. The third kappa shape index (κ3) is 3.22. The highest BCUT2D eigenvalue weighted by atomic mass is 19.1. The topological polar surface area (TPSA) is 43.9 Å². The Morgan fingerprint density at radius 2 is 1.67 bits per heavy atom. The van der Waals surface area contributed by atoms with E-state index < -0.39 is 5.41 Å². The molecule has 4 aliphatic rings. The molecule has 3 saturated heterocycles. The Morgan fingerprint density at radius 3 is 2.30 bits per heavy atom. The number of fused-ring (bicyclic) bond motifs is 1. The van der Waals surface area contributed by atoms with Crippen LogP contribution in [0.1, 0.15) is 46.0 Å². The minimum atomic E-state index is -0.527. The molecule has 148 valence electrons. The Balaban J connectivity index is 1.41. The smallest absolute Gasteiger partial charge is 0.233 e. The molecule has 1 aliphatic carbocycles. The van der Waals surface area contributed by atoms with Gasteiger partial charge in [0.2, 0.25) is 12.3 Å². The fourth-order valence-electron chi connectivity index (χ4n) is 5.42. The van der Waals surface area contributed by atoms with Gasteiger partial charge in [-0.05, 0) is 51.2 Å². The lowest BCUT2D eigenvalue weighted by Gasteiger charge is -2.44. The van der Waals surface area contributed by atoms with Gasteiger partial charge >= 0.3 is 0 Å². The molecule has 3 fully saturated rings. The minimum Gasteiger partial charge on any atom is -0.345 e. The first-order valence-electron chi connectivity index (χ1n) is 10.2. The lowest BCUT2D eigenvalue weighted by atomic mass is 9.81. The highest BCUT2D eigenvalue weighted by Crippen LogP contribution is 2.46. The Bertz CT molecular complexity index is 671. The second-order valence-electron chi connectivity index (χ2n) is 8.93. The summed E-state index contributed by atoms with van der Waals surface area (Å²) in [6.07, 6.45) is 8.60. The fourth-order valence-corrected chi connectivity index (χ4v) is 5.42. The monoisotopic (exact) mass is 375 g/mol. The van der Waals surface area contributed by atoms with E-state index in [-0.39, 0.29) is 23.8 Å². The van der Waals surface area contributed by atoms with Crippen LogP contribution in [0.4, 0.5) is 4.39 Å². The van der Waals surface area contributed by atoms with E-state index in [0.29, 0.717) is 12.5 Å². The van der Waals surface area contributed by atoms with Crippen LogP contribution in [-0.2, 0) is 9.59 Å². The van der Waals surface area contributed by atoms with Crippen molar-refractivity contribution >= 4 is 12.3 Å². The third-order valence-corrected chi connectivity index (χ3v) is 7.07. The van der Waals surface area contributed by atoms with Crippen molar-refractivity contribution in [1.82, 2.24) is 14.7 Å². The van der Waals surface area contributed by atoms with Crippen LogP contribution in [0.25, 0.3) is 0 Å². The second-order valence-corrected chi connectivity index (χ2v) is 8.93. The van der Waals surface area contributed by atoms with Crippen molar-refractivity contribution in [2.45, 2.75) is 64.1 Å². The lowest BCUT2D eigenvalue weighted by Crippen LogP contribution is -2.53. The van der Waals surface area contributed by atoms with Crippen LogP contribution in [0.5, 0.6) is 0 Å². The van der Waals surface area contributed by atoms with Crippen molar-refractivity contribution in [2.75, 3.05) is 26.2 Å². The van der Waals surface area contributed by atoms with Crippen molar-refractivity contribution in [3.63, 3.8) is 0 Å². The number of allylic oxidation sites excluding steroid dienone is 2. The van der Waals surface area contributed by atoms with E-state index in [1.54, 1.807) is 0 Å². The van der Waals surface area contributed by atoms with E-state index in [1.165, 1.54) is 6.08 Å². The number of amides is 2. The molecule has 5 nitrogen and oxygen atoms in total. The number of piperidine rings is 2. The van der Waals surface area contributed by atoms with E-state index in [9.17, 15) is 14.0 Å².